The number of carbonyl (C=O) groups excluding carboxylic acids is 1. The van der Waals surface area contributed by atoms with Crippen LogP contribution in [-0.2, 0) is 11.3 Å². The van der Waals surface area contributed by atoms with Gasteiger partial charge >= 0.3 is 0 Å². The van der Waals surface area contributed by atoms with Crippen LogP contribution >= 0.6 is 35.3 Å². The van der Waals surface area contributed by atoms with Crippen LogP contribution in [0, 0.1) is 13.8 Å². The molecule has 1 amide bonds. The third-order valence-electron chi connectivity index (χ3n) is 2.89. The maximum Gasteiger partial charge on any atom is 0.243 e. The van der Waals surface area contributed by atoms with Gasteiger partial charge in [-0.05, 0) is 20.3 Å². The minimum absolute atomic E-state index is 0. The lowest BCUT2D eigenvalue weighted by molar-refractivity contribution is -0.127. The van der Waals surface area contributed by atoms with Crippen LogP contribution in [0.25, 0.3) is 0 Å². The predicted molar refractivity (Wildman–Crippen MR) is 103 cm³/mol. The van der Waals surface area contributed by atoms with E-state index in [2.05, 4.69) is 34.5 Å². The number of carbonyl (C=O) groups is 1. The maximum atomic E-state index is 11.6. The average Bonchev–Trinajstić information content (AvgIpc) is 2.76. The molecule has 126 valence electrons. The fraction of sp³-hybridized carbons (Fsp3) is 0.643. The van der Waals surface area contributed by atoms with Gasteiger partial charge in [0.05, 0.1) is 12.2 Å². The van der Waals surface area contributed by atoms with Crippen molar-refractivity contribution in [1.29, 1.82) is 0 Å². The van der Waals surface area contributed by atoms with Crippen molar-refractivity contribution in [1.82, 2.24) is 20.5 Å². The number of likely N-dealkylation sites (N-methyl/N-ethyl adjacent to an activating group) is 1. The zero-order chi connectivity index (χ0) is 15.8. The number of rotatable bonds is 6. The van der Waals surface area contributed by atoms with E-state index < -0.39 is 0 Å². The minimum atomic E-state index is -0.0199. The van der Waals surface area contributed by atoms with Gasteiger partial charge in [0.15, 0.2) is 5.96 Å². The van der Waals surface area contributed by atoms with Gasteiger partial charge in [0.2, 0.25) is 5.91 Å². The Hall–Kier alpha value is -0.900. The molecule has 0 spiro atoms. The molecule has 0 fully saturated rings. The molecule has 1 rings (SSSR count). The largest absolute Gasteiger partial charge is 0.356 e. The molecule has 0 aliphatic heterocycles. The Balaban J connectivity index is 0.00000441. The molecule has 0 radical (unpaired) electrons. The summed E-state index contributed by atoms with van der Waals surface area (Å²) in [5, 5.41) is 7.45. The van der Waals surface area contributed by atoms with Crippen molar-refractivity contribution in [2.24, 2.45) is 4.99 Å². The molecule has 22 heavy (non-hydrogen) atoms. The molecule has 0 aromatic carbocycles. The number of aryl methyl sites for hydroxylation is 2. The van der Waals surface area contributed by atoms with Crippen LogP contribution in [-0.4, -0.2) is 48.9 Å². The third kappa shape index (κ3) is 7.39. The summed E-state index contributed by atoms with van der Waals surface area (Å²) in [6.07, 6.45) is 0.998. The van der Waals surface area contributed by atoms with E-state index in [4.69, 9.17) is 0 Å². The number of aliphatic imine (C=N–C) groups is 1. The van der Waals surface area contributed by atoms with E-state index in [9.17, 15) is 4.79 Å². The number of amides is 1. The Morgan fingerprint density at radius 1 is 1.32 bits per heavy atom. The summed E-state index contributed by atoms with van der Waals surface area (Å²) < 4.78 is 0. The standard InChI is InChI=1S/C14H25N5OS.HI/c1-6-7-15-14(17-9-13(20)19(4)5)16-8-12-18-10(2)11(3)21-12;/h6-9H2,1-5H3,(H2,15,16,17);1H. The Morgan fingerprint density at radius 2 is 2.00 bits per heavy atom. The number of hydrogen-bond donors (Lipinski definition) is 2. The normalized spacial score (nSPS) is 10.9. The Labute approximate surface area is 153 Å². The molecule has 8 heteroatoms. The van der Waals surface area contributed by atoms with Crippen LogP contribution in [0.3, 0.4) is 0 Å². The quantitative estimate of drug-likeness (QED) is 0.404. The molecule has 0 unspecified atom stereocenters. The van der Waals surface area contributed by atoms with E-state index in [0.29, 0.717) is 12.5 Å². The first kappa shape index (κ1) is 21.1. The summed E-state index contributed by atoms with van der Waals surface area (Å²) >= 11 is 1.68. The van der Waals surface area contributed by atoms with Crippen LogP contribution in [0.2, 0.25) is 0 Å². The van der Waals surface area contributed by atoms with Crippen molar-refractivity contribution >= 4 is 47.2 Å². The second-order valence-corrected chi connectivity index (χ2v) is 6.27. The lowest BCUT2D eigenvalue weighted by Gasteiger charge is -2.12. The van der Waals surface area contributed by atoms with E-state index >= 15 is 0 Å². The molecule has 0 aliphatic rings. The topological polar surface area (TPSA) is 69.6 Å². The fourth-order valence-electron chi connectivity index (χ4n) is 1.48. The first-order valence-corrected chi connectivity index (χ1v) is 7.91. The molecular formula is C14H26IN5OS. The van der Waals surface area contributed by atoms with Crippen LogP contribution < -0.4 is 10.6 Å². The van der Waals surface area contributed by atoms with Gasteiger partial charge in [0.1, 0.15) is 11.6 Å². The SMILES string of the molecule is CCCNC(=NCC(=O)N(C)C)NCc1nc(C)c(C)s1.I. The molecule has 0 bridgehead atoms. The highest BCUT2D eigenvalue weighted by Crippen LogP contribution is 2.15. The highest BCUT2D eigenvalue weighted by atomic mass is 127. The smallest absolute Gasteiger partial charge is 0.243 e. The van der Waals surface area contributed by atoms with Crippen LogP contribution in [0.5, 0.6) is 0 Å². The van der Waals surface area contributed by atoms with Crippen LogP contribution in [0.1, 0.15) is 28.9 Å². The van der Waals surface area contributed by atoms with Gasteiger partial charge in [0, 0.05) is 25.5 Å². The first-order chi connectivity index (χ1) is 9.93. The third-order valence-corrected chi connectivity index (χ3v) is 3.97. The summed E-state index contributed by atoms with van der Waals surface area (Å²) in [4.78, 5) is 23.2. The van der Waals surface area contributed by atoms with E-state index in [0.717, 1.165) is 23.7 Å². The van der Waals surface area contributed by atoms with Gasteiger partial charge in [0.25, 0.3) is 0 Å². The second-order valence-electron chi connectivity index (χ2n) is 4.98. The predicted octanol–water partition coefficient (Wildman–Crippen LogP) is 1.91. The number of halogens is 1. The molecule has 0 aliphatic carbocycles. The van der Waals surface area contributed by atoms with E-state index in [1.54, 1.807) is 25.4 Å². The highest BCUT2D eigenvalue weighted by molar-refractivity contribution is 14.0. The number of thiazole rings is 1. The summed E-state index contributed by atoms with van der Waals surface area (Å²) in [5.41, 5.74) is 1.07. The highest BCUT2D eigenvalue weighted by Gasteiger charge is 2.06. The molecule has 1 aromatic rings. The number of nitrogens with one attached hydrogen (secondary N) is 2. The maximum absolute atomic E-state index is 11.6. The molecule has 1 heterocycles. The molecule has 6 nitrogen and oxygen atoms in total. The zero-order valence-electron chi connectivity index (χ0n) is 13.9. The number of hydrogen-bond acceptors (Lipinski definition) is 4. The summed E-state index contributed by atoms with van der Waals surface area (Å²) in [6, 6.07) is 0. The summed E-state index contributed by atoms with van der Waals surface area (Å²) in [7, 11) is 3.46. The van der Waals surface area contributed by atoms with Crippen molar-refractivity contribution in [3.05, 3.63) is 15.6 Å². The molecular weight excluding hydrogens is 413 g/mol. The first-order valence-electron chi connectivity index (χ1n) is 7.09. The number of nitrogens with zero attached hydrogens (tertiary/aromatic N) is 3. The van der Waals surface area contributed by atoms with Crippen molar-refractivity contribution in [3.8, 4) is 0 Å². The van der Waals surface area contributed by atoms with Gasteiger partial charge in [-0.1, -0.05) is 6.92 Å². The summed E-state index contributed by atoms with van der Waals surface area (Å²) in [5.74, 6) is 0.631. The van der Waals surface area contributed by atoms with Crippen LogP contribution in [0.4, 0.5) is 0 Å². The zero-order valence-corrected chi connectivity index (χ0v) is 17.0. The number of guanidine groups is 1. The Kier molecular flexibility index (Phi) is 10.3. The van der Waals surface area contributed by atoms with Gasteiger partial charge < -0.3 is 15.5 Å². The minimum Gasteiger partial charge on any atom is -0.356 e. The van der Waals surface area contributed by atoms with E-state index in [1.807, 2.05) is 6.92 Å². The van der Waals surface area contributed by atoms with Gasteiger partial charge in [-0.3, -0.25) is 4.79 Å². The lowest BCUT2D eigenvalue weighted by atomic mass is 10.4. The van der Waals surface area contributed by atoms with Crippen molar-refractivity contribution in [3.63, 3.8) is 0 Å². The van der Waals surface area contributed by atoms with E-state index in [1.165, 1.54) is 9.78 Å². The van der Waals surface area contributed by atoms with Crippen molar-refractivity contribution < 1.29 is 4.79 Å². The monoisotopic (exact) mass is 439 g/mol. The second kappa shape index (κ2) is 10.8. The average molecular weight is 439 g/mol. The molecule has 2 N–H and O–H groups in total. The Bertz CT molecular complexity index is 482. The molecule has 0 saturated heterocycles. The van der Waals surface area contributed by atoms with Crippen molar-refractivity contribution in [2.45, 2.75) is 33.7 Å². The lowest BCUT2D eigenvalue weighted by Crippen LogP contribution is -2.38. The Morgan fingerprint density at radius 3 is 2.50 bits per heavy atom. The molecule has 0 saturated carbocycles. The fourth-order valence-corrected chi connectivity index (χ4v) is 2.35. The number of aromatic nitrogens is 1. The van der Waals surface area contributed by atoms with Gasteiger partial charge in [-0.2, -0.15) is 0 Å². The summed E-state index contributed by atoms with van der Waals surface area (Å²) in [6.45, 7) is 7.74. The van der Waals surface area contributed by atoms with Gasteiger partial charge in [-0.25, -0.2) is 9.98 Å². The molecule has 1 aromatic heterocycles. The molecule has 0 atom stereocenters. The van der Waals surface area contributed by atoms with Gasteiger partial charge in [-0.15, -0.1) is 35.3 Å². The van der Waals surface area contributed by atoms with E-state index in [-0.39, 0.29) is 36.4 Å². The van der Waals surface area contributed by atoms with Crippen molar-refractivity contribution in [2.75, 3.05) is 27.2 Å². The van der Waals surface area contributed by atoms with Crippen LogP contribution in [0.15, 0.2) is 4.99 Å².